The molecule has 52 valence electrons. The van der Waals surface area contributed by atoms with E-state index >= 15 is 0 Å². The van der Waals surface area contributed by atoms with Gasteiger partial charge in [0.2, 0.25) is 0 Å². The second-order valence-corrected chi connectivity index (χ2v) is 1.92. The molecule has 0 bridgehead atoms. The summed E-state index contributed by atoms with van der Waals surface area (Å²) in [5.41, 5.74) is 6.23. The Morgan fingerprint density at radius 1 is 1.50 bits per heavy atom. The third-order valence-corrected chi connectivity index (χ3v) is 1.20. The van der Waals surface area contributed by atoms with E-state index in [1.165, 1.54) is 18.2 Å². The van der Waals surface area contributed by atoms with Crippen molar-refractivity contribution in [3.8, 4) is 0 Å². The number of hydrogen-bond donors (Lipinski definition) is 2. The molecule has 0 aliphatic heterocycles. The highest BCUT2D eigenvalue weighted by atomic mass is 19.1. The summed E-state index contributed by atoms with van der Waals surface area (Å²) < 4.78 is 12.4. The number of hydrogen-bond acceptors (Lipinski definition) is 2. The maximum Gasteiger partial charge on any atom is 0.124 e. The van der Waals surface area contributed by atoms with E-state index in [-0.39, 0.29) is 5.82 Å². The standard InChI is InChI=1S/C7H7FN2/c8-6-1-2-7(10)5(3-6)4-9/h1-4,9H,10H2. The van der Waals surface area contributed by atoms with Gasteiger partial charge in [0.25, 0.3) is 0 Å². The van der Waals surface area contributed by atoms with Crippen molar-refractivity contribution in [1.29, 1.82) is 5.41 Å². The molecule has 2 nitrogen and oxygen atoms in total. The van der Waals surface area contributed by atoms with Crippen LogP contribution < -0.4 is 5.73 Å². The fourth-order valence-electron chi connectivity index (χ4n) is 0.671. The molecule has 0 amide bonds. The molecule has 0 heterocycles. The zero-order valence-electron chi connectivity index (χ0n) is 5.26. The maximum absolute atomic E-state index is 12.4. The van der Waals surface area contributed by atoms with Crippen LogP contribution in [0.3, 0.4) is 0 Å². The van der Waals surface area contributed by atoms with E-state index < -0.39 is 0 Å². The SMILES string of the molecule is N=Cc1cc(F)ccc1N. The molecule has 0 aliphatic rings. The highest BCUT2D eigenvalue weighted by Gasteiger charge is 1.95. The monoisotopic (exact) mass is 138 g/mol. The Morgan fingerprint density at radius 2 is 2.20 bits per heavy atom. The minimum absolute atomic E-state index is 0.368. The Bertz CT molecular complexity index is 258. The smallest absolute Gasteiger partial charge is 0.124 e. The first-order chi connectivity index (χ1) is 4.74. The molecule has 3 heteroatoms. The quantitative estimate of drug-likeness (QED) is 0.447. The molecular weight excluding hydrogens is 131 g/mol. The summed E-state index contributed by atoms with van der Waals surface area (Å²) in [4.78, 5) is 0. The normalized spacial score (nSPS) is 9.30. The Balaban J connectivity index is 3.21. The third kappa shape index (κ3) is 1.13. The molecule has 3 N–H and O–H groups in total. The number of halogens is 1. The molecule has 0 aromatic heterocycles. The van der Waals surface area contributed by atoms with Gasteiger partial charge in [0.15, 0.2) is 0 Å². The van der Waals surface area contributed by atoms with Gasteiger partial charge in [0.1, 0.15) is 5.82 Å². The van der Waals surface area contributed by atoms with Crippen LogP contribution in [0.15, 0.2) is 18.2 Å². The van der Waals surface area contributed by atoms with Gasteiger partial charge in [-0.2, -0.15) is 0 Å². The van der Waals surface area contributed by atoms with Crippen LogP contribution in [0.2, 0.25) is 0 Å². The molecule has 1 aromatic rings. The Labute approximate surface area is 58.0 Å². The molecule has 0 radical (unpaired) electrons. The number of rotatable bonds is 1. The van der Waals surface area contributed by atoms with Gasteiger partial charge in [-0.25, -0.2) is 4.39 Å². The zero-order chi connectivity index (χ0) is 7.56. The first kappa shape index (κ1) is 6.74. The van der Waals surface area contributed by atoms with Gasteiger partial charge >= 0.3 is 0 Å². The lowest BCUT2D eigenvalue weighted by atomic mass is 10.2. The molecule has 0 saturated heterocycles. The first-order valence-corrected chi connectivity index (χ1v) is 2.79. The lowest BCUT2D eigenvalue weighted by Gasteiger charge is -1.96. The summed E-state index contributed by atoms with van der Waals surface area (Å²) in [6.45, 7) is 0. The van der Waals surface area contributed by atoms with Crippen LogP contribution in [0, 0.1) is 11.2 Å². The molecular formula is C7H7FN2. The molecule has 1 aromatic carbocycles. The van der Waals surface area contributed by atoms with Crippen molar-refractivity contribution in [2.75, 3.05) is 5.73 Å². The molecule has 0 fully saturated rings. The summed E-state index contributed by atoms with van der Waals surface area (Å²) in [6, 6.07) is 3.93. The Kier molecular flexibility index (Phi) is 1.67. The van der Waals surface area contributed by atoms with Crippen LogP contribution in [-0.2, 0) is 0 Å². The van der Waals surface area contributed by atoms with Crippen molar-refractivity contribution in [2.24, 2.45) is 0 Å². The maximum atomic E-state index is 12.4. The second-order valence-electron chi connectivity index (χ2n) is 1.92. The zero-order valence-corrected chi connectivity index (χ0v) is 5.26. The molecule has 0 spiro atoms. The van der Waals surface area contributed by atoms with Crippen molar-refractivity contribution < 1.29 is 4.39 Å². The summed E-state index contributed by atoms with van der Waals surface area (Å²) in [5, 5.41) is 6.81. The van der Waals surface area contributed by atoms with Crippen molar-refractivity contribution in [1.82, 2.24) is 0 Å². The van der Waals surface area contributed by atoms with E-state index in [0.717, 1.165) is 6.21 Å². The molecule has 1 rings (SSSR count). The average molecular weight is 138 g/mol. The summed E-state index contributed by atoms with van der Waals surface area (Å²) in [5.74, 6) is -0.368. The number of nitrogens with one attached hydrogen (secondary N) is 1. The fourth-order valence-corrected chi connectivity index (χ4v) is 0.671. The summed E-state index contributed by atoms with van der Waals surface area (Å²) >= 11 is 0. The summed E-state index contributed by atoms with van der Waals surface area (Å²) in [6.07, 6.45) is 1.03. The molecule has 0 atom stereocenters. The van der Waals surface area contributed by atoms with Crippen molar-refractivity contribution in [3.05, 3.63) is 29.6 Å². The van der Waals surface area contributed by atoms with Crippen LogP contribution in [0.25, 0.3) is 0 Å². The predicted molar refractivity (Wildman–Crippen MR) is 38.7 cm³/mol. The average Bonchev–Trinajstić information content (AvgIpc) is 1.94. The van der Waals surface area contributed by atoms with Gasteiger partial charge in [-0.1, -0.05) is 0 Å². The number of anilines is 1. The number of benzene rings is 1. The van der Waals surface area contributed by atoms with E-state index in [9.17, 15) is 4.39 Å². The highest BCUT2D eigenvalue weighted by Crippen LogP contribution is 2.09. The Morgan fingerprint density at radius 3 is 2.70 bits per heavy atom. The third-order valence-electron chi connectivity index (χ3n) is 1.20. The highest BCUT2D eigenvalue weighted by molar-refractivity contribution is 5.84. The molecule has 10 heavy (non-hydrogen) atoms. The van der Waals surface area contributed by atoms with Gasteiger partial charge < -0.3 is 11.1 Å². The molecule has 0 saturated carbocycles. The summed E-state index contributed by atoms with van der Waals surface area (Å²) in [7, 11) is 0. The second kappa shape index (κ2) is 2.47. The van der Waals surface area contributed by atoms with Crippen LogP contribution in [0.4, 0.5) is 10.1 Å². The minimum Gasteiger partial charge on any atom is -0.398 e. The van der Waals surface area contributed by atoms with Gasteiger partial charge in [0.05, 0.1) is 0 Å². The van der Waals surface area contributed by atoms with Crippen LogP contribution >= 0.6 is 0 Å². The topological polar surface area (TPSA) is 49.9 Å². The fraction of sp³-hybridized carbons (Fsp3) is 0. The predicted octanol–water partition coefficient (Wildman–Crippen LogP) is 1.41. The van der Waals surface area contributed by atoms with Gasteiger partial charge in [0, 0.05) is 17.5 Å². The van der Waals surface area contributed by atoms with Crippen LogP contribution in [0.5, 0.6) is 0 Å². The van der Waals surface area contributed by atoms with Gasteiger partial charge in [-0.3, -0.25) is 0 Å². The van der Waals surface area contributed by atoms with Crippen LogP contribution in [-0.4, -0.2) is 6.21 Å². The van der Waals surface area contributed by atoms with E-state index in [1.807, 2.05) is 0 Å². The minimum atomic E-state index is -0.368. The van der Waals surface area contributed by atoms with Gasteiger partial charge in [-0.15, -0.1) is 0 Å². The number of nitrogens with two attached hydrogens (primary N) is 1. The van der Waals surface area contributed by atoms with Crippen LogP contribution in [0.1, 0.15) is 5.56 Å². The van der Waals surface area contributed by atoms with Crippen molar-refractivity contribution in [3.63, 3.8) is 0 Å². The first-order valence-electron chi connectivity index (χ1n) is 2.79. The van der Waals surface area contributed by atoms with Crippen molar-refractivity contribution >= 4 is 11.9 Å². The Hall–Kier alpha value is -1.38. The van der Waals surface area contributed by atoms with Crippen molar-refractivity contribution in [2.45, 2.75) is 0 Å². The lowest BCUT2D eigenvalue weighted by molar-refractivity contribution is 0.628. The largest absolute Gasteiger partial charge is 0.398 e. The van der Waals surface area contributed by atoms with E-state index in [1.54, 1.807) is 0 Å². The number of nitrogen functional groups attached to an aromatic ring is 1. The lowest BCUT2D eigenvalue weighted by Crippen LogP contribution is -1.92. The van der Waals surface area contributed by atoms with E-state index in [2.05, 4.69) is 0 Å². The molecule has 0 unspecified atom stereocenters. The van der Waals surface area contributed by atoms with E-state index in [0.29, 0.717) is 11.3 Å². The molecule has 0 aliphatic carbocycles. The van der Waals surface area contributed by atoms with Gasteiger partial charge in [-0.05, 0) is 18.2 Å². The van der Waals surface area contributed by atoms with E-state index in [4.69, 9.17) is 11.1 Å².